The van der Waals surface area contributed by atoms with Gasteiger partial charge in [-0.05, 0) is 23.1 Å². The number of hydrogen-bond donors (Lipinski definition) is 1. The van der Waals surface area contributed by atoms with Gasteiger partial charge in [-0.2, -0.15) is 0 Å². The maximum atomic E-state index is 3.28. The van der Waals surface area contributed by atoms with Crippen molar-refractivity contribution < 1.29 is 0 Å². The van der Waals surface area contributed by atoms with Gasteiger partial charge < -0.3 is 5.32 Å². The molecule has 0 aromatic heterocycles. The predicted molar refractivity (Wildman–Crippen MR) is 51.5 cm³/mol. The van der Waals surface area contributed by atoms with Gasteiger partial charge in [0, 0.05) is 12.7 Å². The zero-order valence-corrected chi connectivity index (χ0v) is 7.30. The van der Waals surface area contributed by atoms with Crippen molar-refractivity contribution in [2.75, 3.05) is 0 Å². The molecule has 0 saturated heterocycles. The fraction of sp³-hybridized carbons (Fsp3) is 0.273. The largest absolute Gasteiger partial charge is 0.387 e. The van der Waals surface area contributed by atoms with Gasteiger partial charge in [0.2, 0.25) is 0 Å². The minimum Gasteiger partial charge on any atom is -0.387 e. The molecule has 1 aromatic carbocycles. The monoisotopic (exact) mass is 159 g/mol. The summed E-state index contributed by atoms with van der Waals surface area (Å²) >= 11 is 0. The van der Waals surface area contributed by atoms with Crippen LogP contribution in [0.25, 0.3) is 5.57 Å². The van der Waals surface area contributed by atoms with Crippen molar-refractivity contribution in [1.29, 1.82) is 0 Å². The third-order valence-electron chi connectivity index (χ3n) is 2.31. The van der Waals surface area contributed by atoms with Crippen molar-refractivity contribution in [3.8, 4) is 0 Å². The van der Waals surface area contributed by atoms with E-state index in [1.165, 1.54) is 16.7 Å². The van der Waals surface area contributed by atoms with E-state index in [9.17, 15) is 0 Å². The van der Waals surface area contributed by atoms with Crippen LogP contribution in [0.3, 0.4) is 0 Å². The van der Waals surface area contributed by atoms with E-state index in [1.807, 2.05) is 0 Å². The summed E-state index contributed by atoms with van der Waals surface area (Å²) in [5.41, 5.74) is 4.24. The van der Waals surface area contributed by atoms with Gasteiger partial charge in [0.15, 0.2) is 0 Å². The molecule has 1 aromatic rings. The molecule has 0 amide bonds. The van der Waals surface area contributed by atoms with Gasteiger partial charge in [0.25, 0.3) is 0 Å². The Bertz CT molecular complexity index is 313. The summed E-state index contributed by atoms with van der Waals surface area (Å²) in [7, 11) is 0. The van der Waals surface area contributed by atoms with Crippen LogP contribution in [0.15, 0.2) is 30.5 Å². The summed E-state index contributed by atoms with van der Waals surface area (Å²) in [6, 6.07) is 8.59. The Hall–Kier alpha value is -1.24. The van der Waals surface area contributed by atoms with Crippen LogP contribution in [0.2, 0.25) is 0 Å². The van der Waals surface area contributed by atoms with Crippen LogP contribution in [-0.4, -0.2) is 0 Å². The highest BCUT2D eigenvalue weighted by molar-refractivity contribution is 5.69. The van der Waals surface area contributed by atoms with Crippen LogP contribution in [-0.2, 0) is 6.54 Å². The first kappa shape index (κ1) is 7.41. The van der Waals surface area contributed by atoms with Gasteiger partial charge in [-0.15, -0.1) is 0 Å². The fourth-order valence-corrected chi connectivity index (χ4v) is 1.64. The lowest BCUT2D eigenvalue weighted by Gasteiger charge is -2.17. The molecule has 1 N–H and O–H groups in total. The summed E-state index contributed by atoms with van der Waals surface area (Å²) < 4.78 is 0. The van der Waals surface area contributed by atoms with Gasteiger partial charge in [-0.25, -0.2) is 0 Å². The van der Waals surface area contributed by atoms with Gasteiger partial charge in [-0.1, -0.05) is 31.2 Å². The quantitative estimate of drug-likeness (QED) is 0.664. The SMILES string of the molecule is CCC1=CNCc2ccccc21. The van der Waals surface area contributed by atoms with Crippen LogP contribution in [0.4, 0.5) is 0 Å². The minimum absolute atomic E-state index is 0.972. The van der Waals surface area contributed by atoms with Crippen molar-refractivity contribution >= 4 is 5.57 Å². The van der Waals surface area contributed by atoms with E-state index in [0.29, 0.717) is 0 Å². The lowest BCUT2D eigenvalue weighted by atomic mass is 9.96. The number of allylic oxidation sites excluding steroid dienone is 1. The van der Waals surface area contributed by atoms with Crippen LogP contribution in [0.1, 0.15) is 24.5 Å². The van der Waals surface area contributed by atoms with Gasteiger partial charge >= 0.3 is 0 Å². The molecule has 0 fully saturated rings. The van der Waals surface area contributed by atoms with E-state index >= 15 is 0 Å². The van der Waals surface area contributed by atoms with Crippen molar-refractivity contribution in [3.05, 3.63) is 41.6 Å². The van der Waals surface area contributed by atoms with Gasteiger partial charge in [-0.3, -0.25) is 0 Å². The first-order valence-corrected chi connectivity index (χ1v) is 4.42. The molecular weight excluding hydrogens is 146 g/mol. The second-order valence-electron chi connectivity index (χ2n) is 3.06. The van der Waals surface area contributed by atoms with Crippen LogP contribution in [0, 0.1) is 0 Å². The highest BCUT2D eigenvalue weighted by atomic mass is 14.8. The number of rotatable bonds is 1. The molecule has 0 bridgehead atoms. The Balaban J connectivity index is 2.48. The standard InChI is InChI=1S/C11H13N/c1-2-9-7-12-8-10-5-3-4-6-11(9)10/h3-7,12H,2,8H2,1H3. The van der Waals surface area contributed by atoms with Crippen molar-refractivity contribution in [1.82, 2.24) is 5.32 Å². The molecule has 0 unspecified atom stereocenters. The molecule has 12 heavy (non-hydrogen) atoms. The Kier molecular flexibility index (Phi) is 1.86. The summed E-state index contributed by atoms with van der Waals surface area (Å²) in [4.78, 5) is 0. The third-order valence-corrected chi connectivity index (χ3v) is 2.31. The molecule has 62 valence electrons. The zero-order valence-electron chi connectivity index (χ0n) is 7.30. The molecular formula is C11H13N. The van der Waals surface area contributed by atoms with Crippen LogP contribution < -0.4 is 5.32 Å². The second-order valence-corrected chi connectivity index (χ2v) is 3.06. The third kappa shape index (κ3) is 1.11. The molecule has 1 aliphatic heterocycles. The maximum absolute atomic E-state index is 3.28. The topological polar surface area (TPSA) is 12.0 Å². The number of fused-ring (bicyclic) bond motifs is 1. The fourth-order valence-electron chi connectivity index (χ4n) is 1.64. The van der Waals surface area contributed by atoms with Crippen molar-refractivity contribution in [3.63, 3.8) is 0 Å². The van der Waals surface area contributed by atoms with Crippen LogP contribution in [0.5, 0.6) is 0 Å². The first-order chi connectivity index (χ1) is 5.92. The Morgan fingerprint density at radius 1 is 1.33 bits per heavy atom. The Morgan fingerprint density at radius 2 is 2.17 bits per heavy atom. The molecule has 0 saturated carbocycles. The predicted octanol–water partition coefficient (Wildman–Crippen LogP) is 2.54. The average Bonchev–Trinajstić information content (AvgIpc) is 2.17. The summed E-state index contributed by atoms with van der Waals surface area (Å²) in [5.74, 6) is 0. The number of hydrogen-bond acceptors (Lipinski definition) is 1. The molecule has 2 rings (SSSR count). The molecule has 1 aliphatic rings. The number of benzene rings is 1. The van der Waals surface area contributed by atoms with Crippen LogP contribution >= 0.6 is 0 Å². The maximum Gasteiger partial charge on any atom is 0.0401 e. The first-order valence-electron chi connectivity index (χ1n) is 4.42. The van der Waals surface area contributed by atoms with Gasteiger partial charge in [0.05, 0.1) is 0 Å². The van der Waals surface area contributed by atoms with Crippen molar-refractivity contribution in [2.45, 2.75) is 19.9 Å². The van der Waals surface area contributed by atoms with E-state index in [4.69, 9.17) is 0 Å². The lowest BCUT2D eigenvalue weighted by Crippen LogP contribution is -2.12. The Morgan fingerprint density at radius 3 is 3.00 bits per heavy atom. The molecule has 0 atom stereocenters. The summed E-state index contributed by atoms with van der Waals surface area (Å²) in [6.45, 7) is 3.16. The normalized spacial score (nSPS) is 14.6. The van der Waals surface area contributed by atoms with E-state index in [1.54, 1.807) is 0 Å². The molecule has 1 heterocycles. The highest BCUT2D eigenvalue weighted by Gasteiger charge is 2.08. The average molecular weight is 159 g/mol. The van der Waals surface area contributed by atoms with Crippen molar-refractivity contribution in [2.24, 2.45) is 0 Å². The minimum atomic E-state index is 0.972. The zero-order chi connectivity index (χ0) is 8.39. The molecule has 0 spiro atoms. The lowest BCUT2D eigenvalue weighted by molar-refractivity contribution is 0.845. The van der Waals surface area contributed by atoms with E-state index in [-0.39, 0.29) is 0 Å². The summed E-state index contributed by atoms with van der Waals surface area (Å²) in [5, 5.41) is 3.28. The van der Waals surface area contributed by atoms with Gasteiger partial charge in [0.1, 0.15) is 0 Å². The molecule has 1 nitrogen and oxygen atoms in total. The second kappa shape index (κ2) is 3.02. The molecule has 1 heteroatoms. The van der Waals surface area contributed by atoms with E-state index < -0.39 is 0 Å². The van der Waals surface area contributed by atoms with E-state index in [0.717, 1.165) is 13.0 Å². The number of nitrogens with one attached hydrogen (secondary N) is 1. The highest BCUT2D eigenvalue weighted by Crippen LogP contribution is 2.24. The smallest absolute Gasteiger partial charge is 0.0401 e. The summed E-state index contributed by atoms with van der Waals surface area (Å²) in [6.07, 6.45) is 3.23. The Labute approximate surface area is 73.1 Å². The molecule has 0 radical (unpaired) electrons. The van der Waals surface area contributed by atoms with E-state index in [2.05, 4.69) is 42.7 Å². The molecule has 0 aliphatic carbocycles.